The molecule has 2 aliphatic heterocycles. The van der Waals surface area contributed by atoms with E-state index in [0.29, 0.717) is 24.8 Å². The summed E-state index contributed by atoms with van der Waals surface area (Å²) in [5, 5.41) is 15.4. The van der Waals surface area contributed by atoms with E-state index in [-0.39, 0.29) is 12.0 Å². The van der Waals surface area contributed by atoms with Crippen LogP contribution in [0.2, 0.25) is 0 Å². The van der Waals surface area contributed by atoms with Crippen molar-refractivity contribution in [2.75, 3.05) is 32.7 Å². The Labute approximate surface area is 230 Å². The minimum Gasteiger partial charge on any atom is -0.392 e. The van der Waals surface area contributed by atoms with Crippen molar-refractivity contribution in [2.24, 2.45) is 0 Å². The Bertz CT molecular complexity index is 1510. The van der Waals surface area contributed by atoms with Gasteiger partial charge in [0.05, 0.1) is 11.8 Å². The zero-order valence-corrected chi connectivity index (χ0v) is 23.6. The Hall–Kier alpha value is -3.23. The molecule has 0 saturated carbocycles. The number of H-pyrrole nitrogens is 1. The first-order valence-electron chi connectivity index (χ1n) is 14.4. The van der Waals surface area contributed by atoms with Crippen molar-refractivity contribution >= 4 is 22.5 Å². The van der Waals surface area contributed by atoms with Gasteiger partial charge in [0.25, 0.3) is 0 Å². The highest BCUT2D eigenvalue weighted by atomic mass is 16.3. The summed E-state index contributed by atoms with van der Waals surface area (Å²) in [5.41, 5.74) is 9.48. The Morgan fingerprint density at radius 2 is 1.92 bits per heavy atom. The molecule has 2 aliphatic rings. The monoisotopic (exact) mass is 528 g/mol. The molecule has 1 amide bonds. The lowest BCUT2D eigenvalue weighted by atomic mass is 9.87. The maximum Gasteiger partial charge on any atom is 0.223 e. The first-order valence-corrected chi connectivity index (χ1v) is 14.4. The van der Waals surface area contributed by atoms with Crippen LogP contribution in [-0.2, 0) is 4.79 Å². The summed E-state index contributed by atoms with van der Waals surface area (Å²) in [6, 6.07) is 6.90. The molecule has 5 heterocycles. The zero-order chi connectivity index (χ0) is 27.3. The van der Waals surface area contributed by atoms with Gasteiger partial charge >= 0.3 is 0 Å². The Balaban J connectivity index is 1.21. The number of β-amino-alcohol motifs (C(OH)–C–C–N with tert-alkyl or cyclic N) is 1. The molecular formula is C31H40N6O2. The first-order chi connectivity index (χ1) is 18.8. The topological polar surface area (TPSA) is 89.8 Å². The molecule has 6 rings (SSSR count). The van der Waals surface area contributed by atoms with Crippen LogP contribution >= 0.6 is 0 Å². The Kier molecular flexibility index (Phi) is 6.93. The minimum absolute atomic E-state index is 0.231. The summed E-state index contributed by atoms with van der Waals surface area (Å²) in [7, 11) is 0. The van der Waals surface area contributed by atoms with Crippen LogP contribution in [0.4, 0.5) is 0 Å². The van der Waals surface area contributed by atoms with Crippen LogP contribution < -0.4 is 0 Å². The lowest BCUT2D eigenvalue weighted by Crippen LogP contribution is -2.39. The summed E-state index contributed by atoms with van der Waals surface area (Å²) in [4.78, 5) is 25.3. The second kappa shape index (κ2) is 10.4. The number of carbonyl (C=O) groups is 1. The fourth-order valence-corrected chi connectivity index (χ4v) is 6.64. The van der Waals surface area contributed by atoms with Gasteiger partial charge in [0.1, 0.15) is 6.33 Å². The number of nitrogens with zero attached hydrogens (tertiary/aromatic N) is 5. The molecule has 2 saturated heterocycles. The highest BCUT2D eigenvalue weighted by molar-refractivity contribution is 5.92. The minimum atomic E-state index is -0.231. The molecule has 1 aromatic carbocycles. The number of benzene rings is 1. The van der Waals surface area contributed by atoms with Crippen molar-refractivity contribution in [1.29, 1.82) is 0 Å². The van der Waals surface area contributed by atoms with E-state index in [2.05, 4.69) is 72.1 Å². The van der Waals surface area contributed by atoms with Crippen molar-refractivity contribution in [2.45, 2.75) is 71.3 Å². The van der Waals surface area contributed by atoms with Crippen LogP contribution in [0.25, 0.3) is 27.8 Å². The van der Waals surface area contributed by atoms with Gasteiger partial charge in [0, 0.05) is 61.8 Å². The van der Waals surface area contributed by atoms with Gasteiger partial charge in [-0.05, 0) is 79.3 Å². The largest absolute Gasteiger partial charge is 0.392 e. The molecule has 206 valence electrons. The highest BCUT2D eigenvalue weighted by Gasteiger charge is 2.27. The predicted molar refractivity (Wildman–Crippen MR) is 154 cm³/mol. The zero-order valence-electron chi connectivity index (χ0n) is 23.6. The number of piperidine rings is 1. The molecule has 0 bridgehead atoms. The second-order valence-corrected chi connectivity index (χ2v) is 11.8. The summed E-state index contributed by atoms with van der Waals surface area (Å²) in [6.07, 6.45) is 6.84. The van der Waals surface area contributed by atoms with Crippen LogP contribution in [0, 0.1) is 13.8 Å². The average molecular weight is 529 g/mol. The quantitative estimate of drug-likeness (QED) is 0.376. The maximum atomic E-state index is 12.8. The van der Waals surface area contributed by atoms with Crippen LogP contribution in [0.3, 0.4) is 0 Å². The number of likely N-dealkylation sites (tertiary alicyclic amines) is 2. The molecule has 2 N–H and O–H groups in total. The Morgan fingerprint density at radius 3 is 2.64 bits per heavy atom. The van der Waals surface area contributed by atoms with Crippen molar-refractivity contribution in [1.82, 2.24) is 29.4 Å². The number of hydrogen-bond acceptors (Lipinski definition) is 5. The van der Waals surface area contributed by atoms with Crippen LogP contribution in [-0.4, -0.2) is 79.2 Å². The number of aliphatic hydroxyl groups is 1. The number of fused-ring (bicyclic) bond motifs is 2. The first kappa shape index (κ1) is 26.0. The average Bonchev–Trinajstić information content (AvgIpc) is 3.67. The normalized spacial score (nSPS) is 19.2. The second-order valence-electron chi connectivity index (χ2n) is 11.8. The molecule has 4 aromatic rings. The molecule has 2 fully saturated rings. The van der Waals surface area contributed by atoms with Crippen molar-refractivity contribution < 1.29 is 9.90 Å². The van der Waals surface area contributed by atoms with Crippen molar-refractivity contribution in [3.63, 3.8) is 0 Å². The predicted octanol–water partition coefficient (Wildman–Crippen LogP) is 4.78. The van der Waals surface area contributed by atoms with E-state index >= 15 is 0 Å². The number of aromatic nitrogens is 4. The molecule has 1 unspecified atom stereocenters. The lowest BCUT2D eigenvalue weighted by Gasteiger charge is -2.33. The van der Waals surface area contributed by atoms with Gasteiger partial charge in [-0.25, -0.2) is 9.50 Å². The van der Waals surface area contributed by atoms with Gasteiger partial charge in [-0.2, -0.15) is 5.10 Å². The number of rotatable bonds is 6. The molecule has 3 aromatic heterocycles. The lowest BCUT2D eigenvalue weighted by molar-refractivity contribution is -0.132. The fourth-order valence-electron chi connectivity index (χ4n) is 6.64. The van der Waals surface area contributed by atoms with Gasteiger partial charge in [0.15, 0.2) is 5.65 Å². The van der Waals surface area contributed by atoms with E-state index in [1.54, 1.807) is 6.33 Å². The number of aryl methyl sites for hydroxylation is 1. The maximum absolute atomic E-state index is 12.8. The van der Waals surface area contributed by atoms with E-state index in [4.69, 9.17) is 0 Å². The van der Waals surface area contributed by atoms with Gasteiger partial charge in [0.2, 0.25) is 5.91 Å². The van der Waals surface area contributed by atoms with Crippen LogP contribution in [0.15, 0.2) is 30.7 Å². The number of nitrogens with one attached hydrogen (secondary N) is 1. The third-order valence-corrected chi connectivity index (χ3v) is 9.04. The number of aromatic amines is 1. The van der Waals surface area contributed by atoms with Crippen molar-refractivity contribution in [3.8, 4) is 11.3 Å². The van der Waals surface area contributed by atoms with E-state index in [0.717, 1.165) is 62.2 Å². The summed E-state index contributed by atoms with van der Waals surface area (Å²) < 4.78 is 1.88. The molecule has 1 atom stereocenters. The van der Waals surface area contributed by atoms with Gasteiger partial charge in [-0.15, -0.1) is 0 Å². The molecular weight excluding hydrogens is 488 g/mol. The number of aliphatic hydroxyl groups excluding tert-OH is 1. The molecule has 0 spiro atoms. The summed E-state index contributed by atoms with van der Waals surface area (Å²) in [6.45, 7) is 12.8. The number of carbonyl (C=O) groups excluding carboxylic acids is 1. The molecule has 8 heteroatoms. The standard InChI is InChI=1S/C31H40N6O2/c1-19(2)29-25-15-23(22-7-13-36(14-8-22)28(39)10-12-35-11-9-24(38)16-35)5-6-27(25)34-30(29)26-17-37-31(32-18-33-37)21(4)20(26)3/h5-6,15,17-19,22,24,34,38H,7-14,16H2,1-4H3. The molecule has 39 heavy (non-hydrogen) atoms. The van der Waals surface area contributed by atoms with E-state index in [9.17, 15) is 9.90 Å². The van der Waals surface area contributed by atoms with E-state index in [1.807, 2.05) is 9.42 Å². The Morgan fingerprint density at radius 1 is 1.13 bits per heavy atom. The number of amides is 1. The summed E-state index contributed by atoms with van der Waals surface area (Å²) in [5.74, 6) is 1.06. The number of pyridine rings is 1. The van der Waals surface area contributed by atoms with Crippen molar-refractivity contribution in [3.05, 3.63) is 53.0 Å². The van der Waals surface area contributed by atoms with Gasteiger partial charge in [-0.3, -0.25) is 4.79 Å². The molecule has 0 aliphatic carbocycles. The van der Waals surface area contributed by atoms with Gasteiger partial charge in [-0.1, -0.05) is 19.9 Å². The van der Waals surface area contributed by atoms with Crippen LogP contribution in [0.1, 0.15) is 73.6 Å². The molecule has 0 radical (unpaired) electrons. The van der Waals surface area contributed by atoms with E-state index in [1.165, 1.54) is 33.3 Å². The van der Waals surface area contributed by atoms with Crippen LogP contribution in [0.5, 0.6) is 0 Å². The number of hydrogen-bond donors (Lipinski definition) is 2. The molecule has 8 nitrogen and oxygen atoms in total. The fraction of sp³-hybridized carbons (Fsp3) is 0.516. The van der Waals surface area contributed by atoms with E-state index < -0.39 is 0 Å². The smallest absolute Gasteiger partial charge is 0.223 e. The highest BCUT2D eigenvalue weighted by Crippen LogP contribution is 2.40. The summed E-state index contributed by atoms with van der Waals surface area (Å²) >= 11 is 0. The third-order valence-electron chi connectivity index (χ3n) is 9.04. The SMILES string of the molecule is Cc1c(-c2[nH]c3ccc(C4CCN(C(=O)CCN5CCC(O)C5)CC4)cc3c2C(C)C)cn2ncnc2c1C. The third kappa shape index (κ3) is 4.85. The van der Waals surface area contributed by atoms with Gasteiger partial charge < -0.3 is 19.9 Å².